The quantitative estimate of drug-likeness (QED) is 0.628. The van der Waals surface area contributed by atoms with Gasteiger partial charge in [0.15, 0.2) is 0 Å². The van der Waals surface area contributed by atoms with Crippen molar-refractivity contribution in [3.8, 4) is 17.1 Å². The Morgan fingerprint density at radius 3 is 2.76 bits per heavy atom. The summed E-state index contributed by atoms with van der Waals surface area (Å²) in [5, 5.41) is 1.11. The summed E-state index contributed by atoms with van der Waals surface area (Å²) in [4.78, 5) is 11.8. The topological polar surface area (TPSA) is 47.5 Å². The highest BCUT2D eigenvalue weighted by molar-refractivity contribution is 5.95. The summed E-state index contributed by atoms with van der Waals surface area (Å²) in [7, 11) is 0. The zero-order valence-corrected chi connectivity index (χ0v) is 17.9. The molecule has 0 amide bonds. The van der Waals surface area contributed by atoms with Gasteiger partial charge in [-0.25, -0.2) is 4.98 Å². The van der Waals surface area contributed by atoms with Crippen LogP contribution in [-0.2, 0) is 4.74 Å². The first-order chi connectivity index (χ1) is 13.8. The molecule has 1 atom stereocenters. The van der Waals surface area contributed by atoms with Crippen molar-refractivity contribution in [1.82, 2.24) is 9.97 Å². The van der Waals surface area contributed by atoms with Gasteiger partial charge < -0.3 is 14.4 Å². The number of hydrogen-bond acceptors (Lipinski definition) is 5. The number of morpholine rings is 1. The van der Waals surface area contributed by atoms with Crippen LogP contribution in [0.1, 0.15) is 33.3 Å². The molecule has 29 heavy (non-hydrogen) atoms. The lowest BCUT2D eigenvalue weighted by atomic mass is 9.99. The van der Waals surface area contributed by atoms with E-state index in [0.29, 0.717) is 11.9 Å². The molecular weight excluding hydrogens is 362 g/mol. The minimum absolute atomic E-state index is 0.303. The number of aryl methyl sites for hydroxylation is 1. The second kappa shape index (κ2) is 7.64. The number of ether oxygens (including phenoxy) is 2. The van der Waals surface area contributed by atoms with Crippen LogP contribution < -0.4 is 9.64 Å². The van der Waals surface area contributed by atoms with Crippen molar-refractivity contribution in [3.05, 3.63) is 48.2 Å². The smallest absolute Gasteiger partial charge is 0.216 e. The highest BCUT2D eigenvalue weighted by Crippen LogP contribution is 2.35. The number of aromatic nitrogens is 2. The van der Waals surface area contributed by atoms with Gasteiger partial charge in [0.1, 0.15) is 5.60 Å². The normalized spacial score (nSPS) is 17.6. The van der Waals surface area contributed by atoms with E-state index in [1.807, 2.05) is 33.0 Å². The van der Waals surface area contributed by atoms with Crippen LogP contribution >= 0.6 is 0 Å². The molecule has 0 N–H and O–H groups in total. The Morgan fingerprint density at radius 2 is 2.00 bits per heavy atom. The zero-order valence-electron chi connectivity index (χ0n) is 17.9. The lowest BCUT2D eigenvalue weighted by Crippen LogP contribution is -2.43. The number of pyridine rings is 2. The fourth-order valence-corrected chi connectivity index (χ4v) is 3.86. The van der Waals surface area contributed by atoms with Gasteiger partial charge in [-0.05, 0) is 58.4 Å². The third kappa shape index (κ3) is 4.20. The Hall–Kier alpha value is -2.66. The second-order valence-corrected chi connectivity index (χ2v) is 8.71. The maximum atomic E-state index is 6.20. The van der Waals surface area contributed by atoms with Gasteiger partial charge in [-0.3, -0.25) is 4.98 Å². The molecule has 5 heteroatoms. The average Bonchev–Trinajstić information content (AvgIpc) is 2.66. The number of nitrogens with zero attached hydrogens (tertiary/aromatic N) is 3. The summed E-state index contributed by atoms with van der Waals surface area (Å²) in [6, 6.07) is 12.8. The summed E-state index contributed by atoms with van der Waals surface area (Å²) in [5.74, 6) is 0.643. The number of fused-ring (bicyclic) bond motifs is 1. The third-order valence-corrected chi connectivity index (χ3v) is 5.15. The first-order valence-corrected chi connectivity index (χ1v) is 10.2. The summed E-state index contributed by atoms with van der Waals surface area (Å²) >= 11 is 0. The van der Waals surface area contributed by atoms with Crippen LogP contribution in [0, 0.1) is 6.92 Å². The van der Waals surface area contributed by atoms with Gasteiger partial charge in [0, 0.05) is 41.5 Å². The Balaban J connectivity index is 1.90. The van der Waals surface area contributed by atoms with E-state index in [-0.39, 0.29) is 5.60 Å². The van der Waals surface area contributed by atoms with Crippen LogP contribution in [0.2, 0.25) is 0 Å². The molecule has 1 fully saturated rings. The second-order valence-electron chi connectivity index (χ2n) is 8.71. The Kier molecular flexibility index (Phi) is 5.17. The molecule has 3 aromatic rings. The van der Waals surface area contributed by atoms with Gasteiger partial charge in [-0.1, -0.05) is 12.1 Å². The van der Waals surface area contributed by atoms with Crippen molar-refractivity contribution >= 4 is 16.6 Å². The van der Waals surface area contributed by atoms with E-state index in [4.69, 9.17) is 14.5 Å². The molecule has 0 bridgehead atoms. The molecule has 1 aliphatic heterocycles. The van der Waals surface area contributed by atoms with Crippen molar-refractivity contribution in [2.24, 2.45) is 0 Å². The van der Waals surface area contributed by atoms with Crippen molar-refractivity contribution in [3.63, 3.8) is 0 Å². The van der Waals surface area contributed by atoms with Crippen LogP contribution in [-0.4, -0.2) is 41.4 Å². The molecule has 1 saturated heterocycles. The number of anilines is 1. The van der Waals surface area contributed by atoms with Crippen molar-refractivity contribution < 1.29 is 9.47 Å². The monoisotopic (exact) mass is 391 g/mol. The van der Waals surface area contributed by atoms with Crippen LogP contribution in [0.15, 0.2) is 42.6 Å². The molecule has 0 radical (unpaired) electrons. The predicted octanol–water partition coefficient (Wildman–Crippen LogP) is 5.01. The molecule has 0 aliphatic carbocycles. The zero-order chi connectivity index (χ0) is 20.6. The van der Waals surface area contributed by atoms with Crippen LogP contribution in [0.5, 0.6) is 5.88 Å². The lowest BCUT2D eigenvalue weighted by molar-refractivity contribution is 0.0986. The van der Waals surface area contributed by atoms with E-state index in [2.05, 4.69) is 54.1 Å². The summed E-state index contributed by atoms with van der Waals surface area (Å²) in [5.41, 5.74) is 4.96. The van der Waals surface area contributed by atoms with E-state index in [1.54, 1.807) is 0 Å². The molecule has 3 heterocycles. The van der Waals surface area contributed by atoms with E-state index in [9.17, 15) is 0 Å². The highest BCUT2D eigenvalue weighted by Gasteiger charge is 2.23. The highest BCUT2D eigenvalue weighted by atomic mass is 16.5. The fraction of sp³-hybridized carbons (Fsp3) is 0.417. The summed E-state index contributed by atoms with van der Waals surface area (Å²) in [6.45, 7) is 12.8. The van der Waals surface area contributed by atoms with Gasteiger partial charge in [0.25, 0.3) is 0 Å². The standard InChI is InChI=1S/C24H29N3O2/c1-16-8-9-20-19(7-6-10-25-20)23(16)21-13-18(27-11-12-28-15-17(27)2)14-22(26-21)29-24(3,4)5/h6-10,13-14,17H,11-12,15H2,1-5H3/t17-/m1/s1. The maximum absolute atomic E-state index is 6.20. The number of rotatable bonds is 3. The largest absolute Gasteiger partial charge is 0.472 e. The van der Waals surface area contributed by atoms with Gasteiger partial charge in [-0.15, -0.1) is 0 Å². The van der Waals surface area contributed by atoms with E-state index in [0.717, 1.165) is 47.6 Å². The van der Waals surface area contributed by atoms with Crippen molar-refractivity contribution in [1.29, 1.82) is 0 Å². The van der Waals surface area contributed by atoms with Crippen LogP contribution in [0.3, 0.4) is 0 Å². The molecule has 1 aromatic carbocycles. The number of benzene rings is 1. The summed E-state index contributed by atoms with van der Waals surface area (Å²) in [6.07, 6.45) is 1.83. The molecule has 0 saturated carbocycles. The minimum Gasteiger partial charge on any atom is -0.472 e. The van der Waals surface area contributed by atoms with Crippen LogP contribution in [0.25, 0.3) is 22.2 Å². The molecule has 5 nitrogen and oxygen atoms in total. The molecule has 1 aliphatic rings. The van der Waals surface area contributed by atoms with Crippen molar-refractivity contribution in [2.45, 2.75) is 46.3 Å². The molecule has 2 aromatic heterocycles. The Labute approximate surface area is 172 Å². The van der Waals surface area contributed by atoms with Gasteiger partial charge in [-0.2, -0.15) is 0 Å². The third-order valence-electron chi connectivity index (χ3n) is 5.15. The van der Waals surface area contributed by atoms with Crippen molar-refractivity contribution in [2.75, 3.05) is 24.7 Å². The first-order valence-electron chi connectivity index (χ1n) is 10.2. The minimum atomic E-state index is -0.325. The Bertz CT molecular complexity index is 1030. The van der Waals surface area contributed by atoms with Gasteiger partial charge in [0.05, 0.1) is 24.4 Å². The number of hydrogen-bond donors (Lipinski definition) is 0. The average molecular weight is 392 g/mol. The predicted molar refractivity (Wildman–Crippen MR) is 118 cm³/mol. The molecular formula is C24H29N3O2. The van der Waals surface area contributed by atoms with Gasteiger partial charge in [0.2, 0.25) is 5.88 Å². The molecule has 0 unspecified atom stereocenters. The van der Waals surface area contributed by atoms with E-state index < -0.39 is 0 Å². The maximum Gasteiger partial charge on any atom is 0.216 e. The fourth-order valence-electron chi connectivity index (χ4n) is 3.86. The molecule has 4 rings (SSSR count). The van der Waals surface area contributed by atoms with Crippen LogP contribution in [0.4, 0.5) is 5.69 Å². The molecule has 152 valence electrons. The van der Waals surface area contributed by atoms with Gasteiger partial charge >= 0.3 is 0 Å². The summed E-state index contributed by atoms with van der Waals surface area (Å²) < 4.78 is 11.8. The molecule has 0 spiro atoms. The SMILES string of the molecule is Cc1ccc2ncccc2c1-c1cc(N2CCOC[C@H]2C)cc(OC(C)(C)C)n1. The van der Waals surface area contributed by atoms with E-state index >= 15 is 0 Å². The lowest BCUT2D eigenvalue weighted by Gasteiger charge is -2.35. The first kappa shape index (κ1) is 19.6. The Morgan fingerprint density at radius 1 is 1.17 bits per heavy atom. The van der Waals surface area contributed by atoms with E-state index in [1.165, 1.54) is 5.56 Å².